The van der Waals surface area contributed by atoms with E-state index in [1.807, 2.05) is 0 Å². The number of nitrogens with one attached hydrogen (secondary N) is 1. The molecule has 1 aromatic carbocycles. The van der Waals surface area contributed by atoms with E-state index in [0.29, 0.717) is 15.3 Å². The topological polar surface area (TPSA) is 49.4 Å². The molecule has 0 unspecified atom stereocenters. The van der Waals surface area contributed by atoms with Gasteiger partial charge in [0.1, 0.15) is 5.82 Å². The molecule has 0 spiro atoms. The van der Waals surface area contributed by atoms with Crippen LogP contribution in [0.1, 0.15) is 0 Å². The Labute approximate surface area is 124 Å². The van der Waals surface area contributed by atoms with Gasteiger partial charge in [0.2, 0.25) is 0 Å². The fourth-order valence-corrected chi connectivity index (χ4v) is 5.17. The summed E-state index contributed by atoms with van der Waals surface area (Å²) in [5, 5.41) is 3.34. The number of thiocarbonyl (C=S) groups is 1. The second-order valence-electron chi connectivity index (χ2n) is 4.67. The van der Waals surface area contributed by atoms with Gasteiger partial charge in [-0.1, -0.05) is 15.9 Å². The predicted octanol–water partition coefficient (Wildman–Crippen LogP) is 1.45. The number of halogens is 2. The molecule has 2 aliphatic heterocycles. The lowest BCUT2D eigenvalue weighted by atomic mass is 10.1. The van der Waals surface area contributed by atoms with Crippen LogP contribution in [0.4, 0.5) is 10.1 Å². The number of rotatable bonds is 1. The minimum Gasteiger partial charge on any atom is -0.356 e. The van der Waals surface area contributed by atoms with Gasteiger partial charge < -0.3 is 10.2 Å². The Hall–Kier alpha value is -0.730. The molecule has 0 aliphatic carbocycles. The Kier molecular flexibility index (Phi) is 3.06. The molecule has 3 rings (SSSR count). The molecule has 102 valence electrons. The molecule has 0 aromatic heterocycles. The highest BCUT2D eigenvalue weighted by atomic mass is 79.9. The first kappa shape index (κ1) is 13.3. The molecule has 19 heavy (non-hydrogen) atoms. The van der Waals surface area contributed by atoms with Gasteiger partial charge in [-0.3, -0.25) is 0 Å². The van der Waals surface area contributed by atoms with Crippen LogP contribution >= 0.6 is 28.1 Å². The second kappa shape index (κ2) is 4.39. The molecule has 2 fully saturated rings. The molecular formula is C11H10BrFN2O2S2. The molecular weight excluding hydrogens is 355 g/mol. The Morgan fingerprint density at radius 3 is 2.84 bits per heavy atom. The normalized spacial score (nSPS) is 28.3. The van der Waals surface area contributed by atoms with Crippen LogP contribution in [0.15, 0.2) is 22.7 Å². The van der Waals surface area contributed by atoms with Crippen LogP contribution in [0.5, 0.6) is 0 Å². The number of anilines is 1. The first-order valence-electron chi connectivity index (χ1n) is 5.62. The Morgan fingerprint density at radius 2 is 2.16 bits per heavy atom. The summed E-state index contributed by atoms with van der Waals surface area (Å²) in [6.45, 7) is 0. The largest absolute Gasteiger partial charge is 0.356 e. The lowest BCUT2D eigenvalue weighted by Crippen LogP contribution is -2.37. The standard InChI is InChI=1S/C11H10BrFN2O2S2/c12-6-1-2-9(7(13)3-6)15-10-5-19(16,17)4-8(10)14-11(15)18/h1-3,8,10H,4-5H2,(H,14,18)/t8-,10+/m1/s1. The van der Waals surface area contributed by atoms with Gasteiger partial charge >= 0.3 is 0 Å². The van der Waals surface area contributed by atoms with Crippen molar-refractivity contribution in [3.8, 4) is 0 Å². The zero-order valence-electron chi connectivity index (χ0n) is 9.64. The molecule has 4 nitrogen and oxygen atoms in total. The number of nitrogens with zero attached hydrogens (tertiary/aromatic N) is 1. The van der Waals surface area contributed by atoms with E-state index in [0.717, 1.165) is 0 Å². The number of benzene rings is 1. The summed E-state index contributed by atoms with van der Waals surface area (Å²) in [6.07, 6.45) is 0. The van der Waals surface area contributed by atoms with Gasteiger partial charge in [0, 0.05) is 4.47 Å². The van der Waals surface area contributed by atoms with Crippen molar-refractivity contribution >= 4 is 48.8 Å². The van der Waals surface area contributed by atoms with Crippen LogP contribution in [-0.2, 0) is 9.84 Å². The third-order valence-corrected chi connectivity index (χ3v) is 5.88. The summed E-state index contributed by atoms with van der Waals surface area (Å²) in [6, 6.07) is 4.07. The monoisotopic (exact) mass is 364 g/mol. The maximum absolute atomic E-state index is 14.0. The second-order valence-corrected chi connectivity index (χ2v) is 8.12. The fourth-order valence-electron chi connectivity index (χ4n) is 2.56. The third kappa shape index (κ3) is 2.25. The van der Waals surface area contributed by atoms with Crippen molar-refractivity contribution in [1.82, 2.24) is 5.32 Å². The number of sulfone groups is 1. The zero-order valence-corrected chi connectivity index (χ0v) is 12.9. The number of fused-ring (bicyclic) bond motifs is 1. The maximum Gasteiger partial charge on any atom is 0.174 e. The van der Waals surface area contributed by atoms with Crippen LogP contribution in [0.25, 0.3) is 0 Å². The molecule has 1 aromatic rings. The minimum absolute atomic E-state index is 0.000308. The van der Waals surface area contributed by atoms with Gasteiger partial charge in [-0.05, 0) is 30.4 Å². The van der Waals surface area contributed by atoms with Crippen molar-refractivity contribution < 1.29 is 12.8 Å². The van der Waals surface area contributed by atoms with Gasteiger partial charge in [0.25, 0.3) is 0 Å². The highest BCUT2D eigenvalue weighted by molar-refractivity contribution is 9.10. The quantitative estimate of drug-likeness (QED) is 0.764. The van der Waals surface area contributed by atoms with E-state index in [-0.39, 0.29) is 23.6 Å². The van der Waals surface area contributed by atoms with Gasteiger partial charge in [0.15, 0.2) is 14.9 Å². The van der Waals surface area contributed by atoms with Crippen molar-refractivity contribution in [3.63, 3.8) is 0 Å². The van der Waals surface area contributed by atoms with E-state index in [9.17, 15) is 12.8 Å². The third-order valence-electron chi connectivity index (χ3n) is 3.35. The lowest BCUT2D eigenvalue weighted by molar-refractivity contribution is 0.600. The summed E-state index contributed by atoms with van der Waals surface area (Å²) < 4.78 is 38.0. The number of hydrogen-bond donors (Lipinski definition) is 1. The molecule has 0 saturated carbocycles. The first-order valence-corrected chi connectivity index (χ1v) is 8.65. The fraction of sp³-hybridized carbons (Fsp3) is 0.364. The van der Waals surface area contributed by atoms with Gasteiger partial charge in [-0.25, -0.2) is 12.8 Å². The SMILES string of the molecule is O=S1(=O)C[C@H]2NC(=S)N(c3ccc(Br)cc3F)[C@H]2C1. The number of hydrogen-bond acceptors (Lipinski definition) is 3. The maximum atomic E-state index is 14.0. The first-order chi connectivity index (χ1) is 8.87. The van der Waals surface area contributed by atoms with E-state index < -0.39 is 15.7 Å². The molecule has 0 bridgehead atoms. The summed E-state index contributed by atoms with van der Waals surface area (Å²) >= 11 is 8.38. The summed E-state index contributed by atoms with van der Waals surface area (Å²) in [7, 11) is -3.09. The molecule has 2 heterocycles. The van der Waals surface area contributed by atoms with Crippen molar-refractivity contribution in [3.05, 3.63) is 28.5 Å². The van der Waals surface area contributed by atoms with Crippen LogP contribution in [0.3, 0.4) is 0 Å². The molecule has 2 aliphatic rings. The molecule has 1 N–H and O–H groups in total. The van der Waals surface area contributed by atoms with Crippen molar-refractivity contribution in [2.75, 3.05) is 16.4 Å². The highest BCUT2D eigenvalue weighted by Crippen LogP contribution is 2.32. The van der Waals surface area contributed by atoms with E-state index >= 15 is 0 Å². The van der Waals surface area contributed by atoms with Gasteiger partial charge in [-0.2, -0.15) is 0 Å². The Bertz CT molecular complexity index is 665. The molecule has 0 amide bonds. The van der Waals surface area contributed by atoms with Gasteiger partial charge in [-0.15, -0.1) is 0 Å². The van der Waals surface area contributed by atoms with Crippen LogP contribution < -0.4 is 10.2 Å². The molecule has 8 heteroatoms. The van der Waals surface area contributed by atoms with Gasteiger partial charge in [0.05, 0.1) is 29.3 Å². The van der Waals surface area contributed by atoms with Crippen LogP contribution in [0, 0.1) is 5.82 Å². The average Bonchev–Trinajstić information content (AvgIpc) is 2.70. The molecule has 2 atom stereocenters. The van der Waals surface area contributed by atoms with Crippen LogP contribution in [0.2, 0.25) is 0 Å². The van der Waals surface area contributed by atoms with E-state index in [1.54, 1.807) is 17.0 Å². The molecule has 2 saturated heterocycles. The minimum atomic E-state index is -3.09. The predicted molar refractivity (Wildman–Crippen MR) is 78.5 cm³/mol. The highest BCUT2D eigenvalue weighted by Gasteiger charge is 2.48. The van der Waals surface area contributed by atoms with E-state index in [2.05, 4.69) is 21.2 Å². The van der Waals surface area contributed by atoms with E-state index in [4.69, 9.17) is 12.2 Å². The smallest absolute Gasteiger partial charge is 0.174 e. The zero-order chi connectivity index (χ0) is 13.8. The van der Waals surface area contributed by atoms with E-state index in [1.165, 1.54) is 6.07 Å². The Morgan fingerprint density at radius 1 is 1.42 bits per heavy atom. The summed E-state index contributed by atoms with van der Waals surface area (Å²) in [4.78, 5) is 1.58. The van der Waals surface area contributed by atoms with Crippen molar-refractivity contribution in [2.45, 2.75) is 12.1 Å². The van der Waals surface area contributed by atoms with Crippen LogP contribution in [-0.4, -0.2) is 37.1 Å². The van der Waals surface area contributed by atoms with Crippen molar-refractivity contribution in [2.24, 2.45) is 0 Å². The lowest BCUT2D eigenvalue weighted by Gasteiger charge is -2.23. The summed E-state index contributed by atoms with van der Waals surface area (Å²) in [5.74, 6) is -0.379. The Balaban J connectivity index is 2.02. The molecule has 0 radical (unpaired) electrons. The van der Waals surface area contributed by atoms with Crippen molar-refractivity contribution in [1.29, 1.82) is 0 Å². The average molecular weight is 365 g/mol. The summed E-state index contributed by atoms with van der Waals surface area (Å²) in [5.41, 5.74) is 0.310.